The van der Waals surface area contributed by atoms with E-state index >= 15 is 0 Å². The van der Waals surface area contributed by atoms with Crippen molar-refractivity contribution >= 4 is 10.8 Å². The monoisotopic (exact) mass is 423 g/mol. The predicted molar refractivity (Wildman–Crippen MR) is 136 cm³/mol. The highest BCUT2D eigenvalue weighted by molar-refractivity contribution is 6.06. The average Bonchev–Trinajstić information content (AvgIpc) is 3.29. The van der Waals surface area contributed by atoms with Gasteiger partial charge >= 0.3 is 0 Å². The largest absolute Gasteiger partial charge is 0.455 e. The van der Waals surface area contributed by atoms with E-state index in [1.54, 1.807) is 0 Å². The van der Waals surface area contributed by atoms with E-state index in [2.05, 4.69) is 96.0 Å². The zero-order valence-electron chi connectivity index (χ0n) is 18.0. The lowest BCUT2D eigenvalue weighted by Gasteiger charge is -2.09. The molecule has 156 valence electrons. The topological polar surface area (TPSA) is 26.0 Å². The maximum absolute atomic E-state index is 6.73. The number of hydrogen-bond acceptors (Lipinski definition) is 2. The summed E-state index contributed by atoms with van der Waals surface area (Å²) < 4.78 is 6.73. The molecule has 0 spiro atoms. The summed E-state index contributed by atoms with van der Waals surface area (Å²) >= 11 is 0. The van der Waals surface area contributed by atoms with Gasteiger partial charge in [0.1, 0.15) is 11.5 Å². The Morgan fingerprint density at radius 2 is 0.939 bits per heavy atom. The summed E-state index contributed by atoms with van der Waals surface area (Å²) in [5, 5.41) is 2.20. The Hall–Kier alpha value is -4.43. The molecule has 0 atom stereocenters. The highest BCUT2D eigenvalue weighted by Gasteiger charge is 2.20. The number of benzene rings is 4. The van der Waals surface area contributed by atoms with Crippen LogP contribution >= 0.6 is 0 Å². The van der Waals surface area contributed by atoms with Crippen molar-refractivity contribution in [3.05, 3.63) is 128 Å². The predicted octanol–water partition coefficient (Wildman–Crippen LogP) is 8.50. The molecule has 4 aromatic carbocycles. The number of nitrogens with zero attached hydrogens (tertiary/aromatic N) is 1. The maximum atomic E-state index is 6.73. The Morgan fingerprint density at radius 3 is 1.58 bits per heavy atom. The van der Waals surface area contributed by atoms with Gasteiger partial charge in [-0.3, -0.25) is 4.98 Å². The Kier molecular flexibility index (Phi) is 4.82. The van der Waals surface area contributed by atoms with E-state index in [1.165, 1.54) is 5.56 Å². The molecular weight excluding hydrogens is 402 g/mol. The average molecular weight is 424 g/mol. The van der Waals surface area contributed by atoms with Crippen LogP contribution in [0.15, 0.2) is 132 Å². The van der Waals surface area contributed by atoms with Gasteiger partial charge in [0.25, 0.3) is 0 Å². The number of fused-ring (bicyclic) bond motifs is 1. The second kappa shape index (κ2) is 8.25. The third-order valence-electron chi connectivity index (χ3n) is 5.99. The molecule has 6 aromatic rings. The molecule has 33 heavy (non-hydrogen) atoms. The van der Waals surface area contributed by atoms with E-state index in [1.807, 2.05) is 36.5 Å². The normalized spacial score (nSPS) is 11.0. The summed E-state index contributed by atoms with van der Waals surface area (Å²) in [5.41, 5.74) is 6.43. The molecule has 0 fully saturated rings. The van der Waals surface area contributed by atoms with Gasteiger partial charge in [-0.25, -0.2) is 0 Å². The minimum absolute atomic E-state index is 0.865. The third-order valence-corrected chi connectivity index (χ3v) is 5.99. The van der Waals surface area contributed by atoms with Gasteiger partial charge in [0.15, 0.2) is 0 Å². The molecule has 2 heterocycles. The molecule has 0 aliphatic heterocycles. The molecule has 0 saturated carbocycles. The first kappa shape index (κ1) is 19.3. The van der Waals surface area contributed by atoms with Crippen molar-refractivity contribution in [1.82, 2.24) is 4.98 Å². The standard InChI is InChI=1S/C31H21NO/c1-2-12-22(13-3-1)23-14-4-6-16-25(23)30-27-18-8-9-19-28(27)31(33-30)26-17-7-5-15-24(26)29-20-10-11-21-32-29/h1-21H. The fourth-order valence-electron chi connectivity index (χ4n) is 4.47. The van der Waals surface area contributed by atoms with Gasteiger partial charge in [-0.15, -0.1) is 0 Å². The van der Waals surface area contributed by atoms with Crippen LogP contribution in [-0.4, -0.2) is 4.98 Å². The van der Waals surface area contributed by atoms with Crippen LogP contribution in [0.25, 0.3) is 55.8 Å². The van der Waals surface area contributed by atoms with Crippen LogP contribution in [0.1, 0.15) is 0 Å². The third kappa shape index (κ3) is 3.42. The summed E-state index contributed by atoms with van der Waals surface area (Å²) in [5.74, 6) is 1.75. The smallest absolute Gasteiger partial charge is 0.143 e. The SMILES string of the molecule is c1ccc(-c2ccccc2-c2oc(-c3ccccc3-c3ccccn3)c3ccccc23)cc1. The van der Waals surface area contributed by atoms with Gasteiger partial charge in [0.05, 0.1) is 5.69 Å². The molecule has 2 nitrogen and oxygen atoms in total. The maximum Gasteiger partial charge on any atom is 0.143 e. The highest BCUT2D eigenvalue weighted by Crippen LogP contribution is 2.44. The fraction of sp³-hybridized carbons (Fsp3) is 0. The van der Waals surface area contributed by atoms with Crippen LogP contribution in [0.2, 0.25) is 0 Å². The van der Waals surface area contributed by atoms with Gasteiger partial charge in [-0.05, 0) is 23.3 Å². The Balaban J connectivity index is 1.61. The van der Waals surface area contributed by atoms with E-state index < -0.39 is 0 Å². The van der Waals surface area contributed by atoms with Crippen LogP contribution in [0, 0.1) is 0 Å². The molecule has 0 unspecified atom stereocenters. The number of rotatable bonds is 4. The van der Waals surface area contributed by atoms with Crippen molar-refractivity contribution in [2.24, 2.45) is 0 Å². The second-order valence-corrected chi connectivity index (χ2v) is 7.98. The fourth-order valence-corrected chi connectivity index (χ4v) is 4.47. The first-order valence-corrected chi connectivity index (χ1v) is 11.1. The Bertz CT molecular complexity index is 1430. The Morgan fingerprint density at radius 1 is 0.424 bits per heavy atom. The van der Waals surface area contributed by atoms with Crippen molar-refractivity contribution in [1.29, 1.82) is 0 Å². The van der Waals surface area contributed by atoms with Gasteiger partial charge in [0.2, 0.25) is 0 Å². The summed E-state index contributed by atoms with van der Waals surface area (Å²) in [7, 11) is 0. The summed E-state index contributed by atoms with van der Waals surface area (Å²) in [4.78, 5) is 4.59. The van der Waals surface area contributed by atoms with Gasteiger partial charge in [0, 0.05) is 33.7 Å². The molecule has 0 amide bonds. The van der Waals surface area contributed by atoms with E-state index in [4.69, 9.17) is 4.42 Å². The lowest BCUT2D eigenvalue weighted by atomic mass is 9.96. The lowest BCUT2D eigenvalue weighted by Crippen LogP contribution is -1.86. The quantitative estimate of drug-likeness (QED) is 0.284. The highest BCUT2D eigenvalue weighted by atomic mass is 16.3. The number of hydrogen-bond donors (Lipinski definition) is 0. The van der Waals surface area contributed by atoms with Gasteiger partial charge in [-0.2, -0.15) is 0 Å². The number of pyridine rings is 1. The van der Waals surface area contributed by atoms with Crippen LogP contribution in [-0.2, 0) is 0 Å². The van der Waals surface area contributed by atoms with Crippen LogP contribution in [0.4, 0.5) is 0 Å². The van der Waals surface area contributed by atoms with Crippen molar-refractivity contribution < 1.29 is 4.42 Å². The zero-order valence-corrected chi connectivity index (χ0v) is 18.0. The lowest BCUT2D eigenvalue weighted by molar-refractivity contribution is 0.602. The molecule has 2 heteroatoms. The Labute approximate surface area is 192 Å². The minimum Gasteiger partial charge on any atom is -0.455 e. The number of aromatic nitrogens is 1. The molecule has 0 radical (unpaired) electrons. The first-order valence-electron chi connectivity index (χ1n) is 11.1. The van der Waals surface area contributed by atoms with Crippen LogP contribution in [0.5, 0.6) is 0 Å². The summed E-state index contributed by atoms with van der Waals surface area (Å²) in [6, 6.07) is 41.6. The number of furan rings is 1. The molecule has 6 rings (SSSR count). The van der Waals surface area contributed by atoms with E-state index in [0.29, 0.717) is 0 Å². The molecule has 0 aliphatic carbocycles. The molecule has 0 saturated heterocycles. The molecule has 0 aliphatic rings. The van der Waals surface area contributed by atoms with E-state index in [0.717, 1.165) is 50.2 Å². The van der Waals surface area contributed by atoms with Crippen LogP contribution in [0.3, 0.4) is 0 Å². The molecule has 0 bridgehead atoms. The molecule has 0 N–H and O–H groups in total. The van der Waals surface area contributed by atoms with E-state index in [-0.39, 0.29) is 0 Å². The molecular formula is C31H21NO. The first-order chi connectivity index (χ1) is 16.4. The van der Waals surface area contributed by atoms with Gasteiger partial charge in [-0.1, -0.05) is 109 Å². The van der Waals surface area contributed by atoms with Crippen molar-refractivity contribution in [2.45, 2.75) is 0 Å². The van der Waals surface area contributed by atoms with Crippen LogP contribution < -0.4 is 0 Å². The summed E-state index contributed by atoms with van der Waals surface area (Å²) in [6.45, 7) is 0. The van der Waals surface area contributed by atoms with Crippen molar-refractivity contribution in [3.8, 4) is 45.0 Å². The zero-order chi connectivity index (χ0) is 22.0. The van der Waals surface area contributed by atoms with Crippen molar-refractivity contribution in [2.75, 3.05) is 0 Å². The van der Waals surface area contributed by atoms with E-state index in [9.17, 15) is 0 Å². The van der Waals surface area contributed by atoms with Crippen molar-refractivity contribution in [3.63, 3.8) is 0 Å². The molecule has 2 aromatic heterocycles. The summed E-state index contributed by atoms with van der Waals surface area (Å²) in [6.07, 6.45) is 1.83. The minimum atomic E-state index is 0.865. The van der Waals surface area contributed by atoms with Gasteiger partial charge < -0.3 is 4.42 Å². The second-order valence-electron chi connectivity index (χ2n) is 7.98.